The van der Waals surface area contributed by atoms with Crippen molar-refractivity contribution in [2.24, 2.45) is 11.5 Å². The first-order chi connectivity index (χ1) is 7.57. The smallest absolute Gasteiger partial charge is 0.325 e. The maximum absolute atomic E-state index is 11.3. The first kappa shape index (κ1) is 15.9. The molecule has 6 heteroatoms. The molecule has 6 nitrogen and oxygen atoms in total. The van der Waals surface area contributed by atoms with Crippen LogP contribution in [0.15, 0.2) is 0 Å². The van der Waals surface area contributed by atoms with E-state index in [9.17, 15) is 9.59 Å². The highest BCUT2D eigenvalue weighted by molar-refractivity contribution is 5.79. The van der Waals surface area contributed by atoms with Crippen LogP contribution in [0.1, 0.15) is 40.0 Å². The van der Waals surface area contributed by atoms with Crippen LogP contribution in [0.5, 0.6) is 0 Å². The van der Waals surface area contributed by atoms with E-state index in [1.165, 1.54) is 6.92 Å². The van der Waals surface area contributed by atoms with Gasteiger partial charge >= 0.3 is 11.9 Å². The zero-order valence-electron chi connectivity index (χ0n) is 10.7. The van der Waals surface area contributed by atoms with E-state index in [0.29, 0.717) is 19.3 Å². The molecule has 0 radical (unpaired) electrons. The number of hydrogen-bond donors (Lipinski definition) is 3. The number of carbonyl (C=O) groups excluding carboxylic acids is 1. The Kier molecular flexibility index (Phi) is 5.57. The summed E-state index contributed by atoms with van der Waals surface area (Å²) in [5, 5.41) is 8.77. The van der Waals surface area contributed by atoms with Gasteiger partial charge < -0.3 is 21.3 Å². The van der Waals surface area contributed by atoms with Crippen LogP contribution in [0.3, 0.4) is 0 Å². The normalized spacial score (nSPS) is 15.1. The number of esters is 1. The van der Waals surface area contributed by atoms with Gasteiger partial charge in [0, 0.05) is 0 Å². The van der Waals surface area contributed by atoms with Crippen molar-refractivity contribution in [3.63, 3.8) is 0 Å². The second kappa shape index (κ2) is 5.97. The second-order valence-corrected chi connectivity index (χ2v) is 5.04. The van der Waals surface area contributed by atoms with Crippen LogP contribution in [-0.2, 0) is 14.3 Å². The standard InChI is InChI=1S/C11H22N2O4/c1-10(2,12)9(16)17-7-5-4-6-11(3,13)8(14)15/h4-7,12-13H2,1-3H3,(H,14,15). The lowest BCUT2D eigenvalue weighted by molar-refractivity contribution is -0.149. The molecule has 0 rings (SSSR count). The molecule has 17 heavy (non-hydrogen) atoms. The number of ether oxygens (including phenoxy) is 1. The van der Waals surface area contributed by atoms with E-state index >= 15 is 0 Å². The number of carboxylic acid groups (broad SMARTS) is 1. The fraction of sp³-hybridized carbons (Fsp3) is 0.818. The summed E-state index contributed by atoms with van der Waals surface area (Å²) in [6.45, 7) is 4.83. The minimum absolute atomic E-state index is 0.231. The third-order valence-corrected chi connectivity index (χ3v) is 2.34. The lowest BCUT2D eigenvalue weighted by atomic mass is 9.96. The summed E-state index contributed by atoms with van der Waals surface area (Å²) >= 11 is 0. The van der Waals surface area contributed by atoms with Gasteiger partial charge in [-0.15, -0.1) is 0 Å². The van der Waals surface area contributed by atoms with Crippen molar-refractivity contribution in [3.8, 4) is 0 Å². The molecule has 0 heterocycles. The van der Waals surface area contributed by atoms with Crippen molar-refractivity contribution in [2.75, 3.05) is 6.61 Å². The van der Waals surface area contributed by atoms with Gasteiger partial charge in [0.1, 0.15) is 11.1 Å². The number of nitrogens with two attached hydrogens (primary N) is 2. The Morgan fingerprint density at radius 2 is 1.71 bits per heavy atom. The van der Waals surface area contributed by atoms with E-state index in [2.05, 4.69) is 0 Å². The molecule has 0 saturated carbocycles. The Morgan fingerprint density at radius 1 is 1.18 bits per heavy atom. The third kappa shape index (κ3) is 6.23. The Hall–Kier alpha value is -1.14. The van der Waals surface area contributed by atoms with Gasteiger partial charge in [-0.2, -0.15) is 0 Å². The van der Waals surface area contributed by atoms with Gasteiger partial charge in [0.25, 0.3) is 0 Å². The summed E-state index contributed by atoms with van der Waals surface area (Å²) < 4.78 is 4.93. The van der Waals surface area contributed by atoms with E-state index in [1.54, 1.807) is 13.8 Å². The molecule has 0 saturated heterocycles. The number of unbranched alkanes of at least 4 members (excludes halogenated alkanes) is 1. The van der Waals surface area contributed by atoms with Crippen LogP contribution >= 0.6 is 0 Å². The molecule has 1 atom stereocenters. The Labute approximate surface area is 101 Å². The highest BCUT2D eigenvalue weighted by Crippen LogP contribution is 2.11. The van der Waals surface area contributed by atoms with Gasteiger partial charge in [0.15, 0.2) is 0 Å². The van der Waals surface area contributed by atoms with Gasteiger partial charge in [-0.05, 0) is 40.0 Å². The molecule has 0 aliphatic rings. The molecular formula is C11H22N2O4. The minimum Gasteiger partial charge on any atom is -0.480 e. The number of hydrogen-bond acceptors (Lipinski definition) is 5. The fourth-order valence-electron chi connectivity index (χ4n) is 1.05. The van der Waals surface area contributed by atoms with Crippen LogP contribution in [-0.4, -0.2) is 34.7 Å². The predicted molar refractivity (Wildman–Crippen MR) is 63.3 cm³/mol. The quantitative estimate of drug-likeness (QED) is 0.437. The van der Waals surface area contributed by atoms with Gasteiger partial charge in [-0.25, -0.2) is 0 Å². The van der Waals surface area contributed by atoms with Crippen LogP contribution in [0.2, 0.25) is 0 Å². The SMILES string of the molecule is CC(C)(N)C(=O)OCCCCC(C)(N)C(=O)O. The number of rotatable bonds is 7. The first-order valence-electron chi connectivity index (χ1n) is 5.56. The molecule has 0 fully saturated rings. The molecule has 5 N–H and O–H groups in total. The van der Waals surface area contributed by atoms with Crippen LogP contribution in [0, 0.1) is 0 Å². The maximum atomic E-state index is 11.3. The number of carboxylic acids is 1. The molecule has 0 amide bonds. The fourth-order valence-corrected chi connectivity index (χ4v) is 1.05. The zero-order chi connectivity index (χ0) is 13.7. The van der Waals surface area contributed by atoms with Crippen molar-refractivity contribution in [3.05, 3.63) is 0 Å². The third-order valence-electron chi connectivity index (χ3n) is 2.34. The van der Waals surface area contributed by atoms with Crippen LogP contribution in [0.25, 0.3) is 0 Å². The van der Waals surface area contributed by atoms with E-state index < -0.39 is 23.0 Å². The van der Waals surface area contributed by atoms with Crippen molar-refractivity contribution in [1.82, 2.24) is 0 Å². The topological polar surface area (TPSA) is 116 Å². The highest BCUT2D eigenvalue weighted by Gasteiger charge is 2.27. The van der Waals surface area contributed by atoms with Gasteiger partial charge in [0.2, 0.25) is 0 Å². The average molecular weight is 246 g/mol. The van der Waals surface area contributed by atoms with Crippen molar-refractivity contribution in [2.45, 2.75) is 51.1 Å². The van der Waals surface area contributed by atoms with Gasteiger partial charge in [-0.1, -0.05) is 0 Å². The summed E-state index contributed by atoms with van der Waals surface area (Å²) in [7, 11) is 0. The molecule has 0 bridgehead atoms. The van der Waals surface area contributed by atoms with E-state index in [0.717, 1.165) is 0 Å². The Morgan fingerprint density at radius 3 is 2.12 bits per heavy atom. The lowest BCUT2D eigenvalue weighted by Gasteiger charge is -2.19. The molecule has 0 aromatic carbocycles. The molecule has 0 aromatic heterocycles. The lowest BCUT2D eigenvalue weighted by Crippen LogP contribution is -2.44. The van der Waals surface area contributed by atoms with E-state index in [-0.39, 0.29) is 6.61 Å². The van der Waals surface area contributed by atoms with Gasteiger partial charge in [-0.3, -0.25) is 9.59 Å². The maximum Gasteiger partial charge on any atom is 0.325 e. The predicted octanol–water partition coefficient (Wildman–Crippen LogP) is 0.239. The molecule has 1 unspecified atom stereocenters. The van der Waals surface area contributed by atoms with E-state index in [4.69, 9.17) is 21.3 Å². The molecule has 0 spiro atoms. The molecular weight excluding hydrogens is 224 g/mol. The van der Waals surface area contributed by atoms with Crippen LogP contribution < -0.4 is 11.5 Å². The number of aliphatic carboxylic acids is 1. The summed E-state index contributed by atoms with van der Waals surface area (Å²) in [5.41, 5.74) is 8.85. The average Bonchev–Trinajstić information content (AvgIpc) is 2.15. The molecule has 0 aromatic rings. The number of carbonyl (C=O) groups is 2. The van der Waals surface area contributed by atoms with Crippen molar-refractivity contribution < 1.29 is 19.4 Å². The Balaban J connectivity index is 3.75. The zero-order valence-corrected chi connectivity index (χ0v) is 10.7. The van der Waals surface area contributed by atoms with Crippen molar-refractivity contribution >= 4 is 11.9 Å². The minimum atomic E-state index is -1.23. The summed E-state index contributed by atoms with van der Waals surface area (Å²) in [5.74, 6) is -1.50. The summed E-state index contributed by atoms with van der Waals surface area (Å²) in [6, 6.07) is 0. The first-order valence-corrected chi connectivity index (χ1v) is 5.56. The molecule has 0 aliphatic carbocycles. The summed E-state index contributed by atoms with van der Waals surface area (Å²) in [4.78, 5) is 22.0. The second-order valence-electron chi connectivity index (χ2n) is 5.04. The van der Waals surface area contributed by atoms with Gasteiger partial charge in [0.05, 0.1) is 6.61 Å². The van der Waals surface area contributed by atoms with Crippen LogP contribution in [0.4, 0.5) is 0 Å². The molecule has 100 valence electrons. The largest absolute Gasteiger partial charge is 0.480 e. The highest BCUT2D eigenvalue weighted by atomic mass is 16.5. The van der Waals surface area contributed by atoms with Crippen molar-refractivity contribution in [1.29, 1.82) is 0 Å². The monoisotopic (exact) mass is 246 g/mol. The van der Waals surface area contributed by atoms with E-state index in [1.807, 2.05) is 0 Å². The summed E-state index contributed by atoms with van der Waals surface area (Å²) in [6.07, 6.45) is 1.49. The molecule has 0 aliphatic heterocycles. The Bertz CT molecular complexity index is 282.